The van der Waals surface area contributed by atoms with Crippen LogP contribution in [-0.4, -0.2) is 24.1 Å². The van der Waals surface area contributed by atoms with Crippen molar-refractivity contribution in [2.45, 2.75) is 98.8 Å². The molecule has 9 atom stereocenters. The van der Waals surface area contributed by atoms with E-state index in [2.05, 4.69) is 27.7 Å². The maximum atomic E-state index is 14.0. The van der Waals surface area contributed by atoms with E-state index in [1.165, 1.54) is 12.8 Å². The van der Waals surface area contributed by atoms with Gasteiger partial charge < -0.3 is 4.74 Å². The first kappa shape index (κ1) is 24.0. The van der Waals surface area contributed by atoms with Crippen LogP contribution in [-0.2, 0) is 19.1 Å². The van der Waals surface area contributed by atoms with Gasteiger partial charge in [0.15, 0.2) is 0 Å². The molecule has 0 amide bonds. The zero-order valence-electron chi connectivity index (χ0n) is 21.0. The van der Waals surface area contributed by atoms with Crippen molar-refractivity contribution in [2.75, 3.05) is 6.61 Å². The molecule has 4 saturated carbocycles. The van der Waals surface area contributed by atoms with E-state index in [4.69, 9.17) is 4.74 Å². The van der Waals surface area contributed by atoms with Crippen molar-refractivity contribution in [3.63, 3.8) is 0 Å². The van der Waals surface area contributed by atoms with Crippen LogP contribution in [0.1, 0.15) is 98.8 Å². The molecule has 32 heavy (non-hydrogen) atoms. The van der Waals surface area contributed by atoms with Crippen molar-refractivity contribution >= 4 is 17.5 Å². The molecular formula is C28H44O4. The highest BCUT2D eigenvalue weighted by Gasteiger charge is 2.65. The van der Waals surface area contributed by atoms with Gasteiger partial charge in [-0.05, 0) is 92.3 Å². The lowest BCUT2D eigenvalue weighted by atomic mass is 9.42. The predicted molar refractivity (Wildman–Crippen MR) is 125 cm³/mol. The summed E-state index contributed by atoms with van der Waals surface area (Å²) >= 11 is 0. The third-order valence-electron chi connectivity index (χ3n) is 10.8. The highest BCUT2D eigenvalue weighted by molar-refractivity contribution is 5.88. The van der Waals surface area contributed by atoms with Gasteiger partial charge in [0.1, 0.15) is 11.6 Å². The molecule has 4 heteroatoms. The Morgan fingerprint density at radius 3 is 2.44 bits per heavy atom. The number of esters is 1. The van der Waals surface area contributed by atoms with Gasteiger partial charge >= 0.3 is 5.97 Å². The fraction of sp³-hybridized carbons (Fsp3) is 0.893. The summed E-state index contributed by atoms with van der Waals surface area (Å²) in [6, 6.07) is 0. The molecule has 0 heterocycles. The number of ether oxygens (including phenoxy) is 1. The Kier molecular flexibility index (Phi) is 6.64. The number of carbonyl (C=O) groups is 3. The van der Waals surface area contributed by atoms with Gasteiger partial charge in [0.25, 0.3) is 0 Å². The van der Waals surface area contributed by atoms with Gasteiger partial charge in [0.2, 0.25) is 0 Å². The topological polar surface area (TPSA) is 60.4 Å². The van der Waals surface area contributed by atoms with Crippen molar-refractivity contribution in [1.82, 2.24) is 0 Å². The Morgan fingerprint density at radius 2 is 1.75 bits per heavy atom. The van der Waals surface area contributed by atoms with Crippen LogP contribution in [0.5, 0.6) is 0 Å². The summed E-state index contributed by atoms with van der Waals surface area (Å²) in [7, 11) is 0. The summed E-state index contributed by atoms with van der Waals surface area (Å²) < 4.78 is 5.16. The van der Waals surface area contributed by atoms with Crippen LogP contribution in [0.3, 0.4) is 0 Å². The van der Waals surface area contributed by atoms with Gasteiger partial charge in [0.05, 0.1) is 6.61 Å². The number of hydrogen-bond donors (Lipinski definition) is 0. The van der Waals surface area contributed by atoms with E-state index in [1.54, 1.807) is 0 Å². The average molecular weight is 445 g/mol. The normalized spacial score (nSPS) is 44.4. The smallest absolute Gasteiger partial charge is 0.305 e. The number of rotatable bonds is 6. The first-order chi connectivity index (χ1) is 15.2. The van der Waals surface area contributed by atoms with Gasteiger partial charge in [-0.15, -0.1) is 0 Å². The first-order valence-corrected chi connectivity index (χ1v) is 13.4. The molecular weight excluding hydrogens is 400 g/mol. The lowest BCUT2D eigenvalue weighted by Gasteiger charge is -2.61. The lowest BCUT2D eigenvalue weighted by Crippen LogP contribution is -2.60. The lowest BCUT2D eigenvalue weighted by molar-refractivity contribution is -0.169. The van der Waals surface area contributed by atoms with Crippen molar-refractivity contribution in [3.8, 4) is 0 Å². The summed E-state index contributed by atoms with van der Waals surface area (Å²) in [6.07, 6.45) is 9.20. The predicted octanol–water partition coefficient (Wildman–Crippen LogP) is 6.01. The minimum Gasteiger partial charge on any atom is -0.466 e. The number of ketones is 2. The van der Waals surface area contributed by atoms with E-state index in [0.717, 1.165) is 32.1 Å². The summed E-state index contributed by atoms with van der Waals surface area (Å²) in [5, 5.41) is 0. The molecule has 4 aliphatic carbocycles. The van der Waals surface area contributed by atoms with E-state index in [9.17, 15) is 14.4 Å². The molecule has 0 aromatic heterocycles. The van der Waals surface area contributed by atoms with E-state index in [1.807, 2.05) is 6.92 Å². The second-order valence-electron chi connectivity index (χ2n) is 12.1. The van der Waals surface area contributed by atoms with Gasteiger partial charge in [0, 0.05) is 31.1 Å². The molecule has 4 fully saturated rings. The van der Waals surface area contributed by atoms with Crippen LogP contribution >= 0.6 is 0 Å². The van der Waals surface area contributed by atoms with E-state index in [0.29, 0.717) is 61.1 Å². The van der Waals surface area contributed by atoms with Gasteiger partial charge in [-0.2, -0.15) is 0 Å². The first-order valence-electron chi connectivity index (χ1n) is 13.4. The van der Waals surface area contributed by atoms with E-state index < -0.39 is 0 Å². The van der Waals surface area contributed by atoms with E-state index >= 15 is 0 Å². The van der Waals surface area contributed by atoms with Gasteiger partial charge in [-0.1, -0.05) is 27.7 Å². The number of carbonyl (C=O) groups excluding carboxylic acids is 3. The van der Waals surface area contributed by atoms with Crippen molar-refractivity contribution in [3.05, 3.63) is 0 Å². The summed E-state index contributed by atoms with van der Waals surface area (Å²) in [4.78, 5) is 38.2. The van der Waals surface area contributed by atoms with Crippen LogP contribution in [0.15, 0.2) is 0 Å². The fourth-order valence-electron chi connectivity index (χ4n) is 9.20. The highest BCUT2D eigenvalue weighted by Crippen LogP contribution is 2.68. The van der Waals surface area contributed by atoms with Gasteiger partial charge in [-0.3, -0.25) is 14.4 Å². The Balaban J connectivity index is 1.57. The summed E-state index contributed by atoms with van der Waals surface area (Å²) in [6.45, 7) is 11.7. The van der Waals surface area contributed by atoms with Crippen LogP contribution in [0.4, 0.5) is 0 Å². The minimum atomic E-state index is -0.0817. The maximum absolute atomic E-state index is 14.0. The van der Waals surface area contributed by atoms with Crippen molar-refractivity contribution in [1.29, 1.82) is 0 Å². The Bertz CT molecular complexity index is 759. The van der Waals surface area contributed by atoms with E-state index in [-0.39, 0.29) is 34.6 Å². The SMILES string of the molecule is CCOC(=O)CC[C@@H](C)[C@H]1CCC2C3C(=O)[C@@H](CC)[C@@H]4CC(=O)CC[C@]4(C)C3CC[C@@]21C. The number of fused-ring (bicyclic) bond motifs is 5. The molecule has 0 aromatic rings. The van der Waals surface area contributed by atoms with Crippen LogP contribution in [0.2, 0.25) is 0 Å². The molecule has 3 unspecified atom stereocenters. The fourth-order valence-corrected chi connectivity index (χ4v) is 9.20. The average Bonchev–Trinajstić information content (AvgIpc) is 3.11. The van der Waals surface area contributed by atoms with Crippen molar-refractivity contribution in [2.24, 2.45) is 52.3 Å². The monoisotopic (exact) mass is 444 g/mol. The van der Waals surface area contributed by atoms with Gasteiger partial charge in [-0.25, -0.2) is 0 Å². The maximum Gasteiger partial charge on any atom is 0.305 e. The third-order valence-corrected chi connectivity index (χ3v) is 10.8. The quantitative estimate of drug-likeness (QED) is 0.471. The molecule has 180 valence electrons. The minimum absolute atomic E-state index is 0.0631. The third kappa shape index (κ3) is 3.68. The number of hydrogen-bond acceptors (Lipinski definition) is 4. The molecule has 4 aliphatic rings. The molecule has 0 spiro atoms. The number of Topliss-reactive ketones (excluding diaryl/α,β-unsaturated/α-hetero) is 2. The Hall–Kier alpha value is -1.19. The Morgan fingerprint density at radius 1 is 1.03 bits per heavy atom. The zero-order chi connectivity index (χ0) is 23.3. The standard InChI is InChI=1S/C28H44O4/c1-6-19-23-16-18(29)12-14-28(23,5)22-13-15-27(4)20(9-10-21(27)25(22)26(19)31)17(3)8-11-24(30)32-7-2/h17,19-23,25H,6-16H2,1-5H3/t17-,19+,20-,21?,22?,23+,25?,27-,28-/m1/s1. The summed E-state index contributed by atoms with van der Waals surface area (Å²) in [5.74, 6) is 3.24. The molecule has 0 N–H and O–H groups in total. The van der Waals surface area contributed by atoms with Crippen molar-refractivity contribution < 1.29 is 19.1 Å². The second kappa shape index (κ2) is 8.87. The molecule has 0 saturated heterocycles. The largest absolute Gasteiger partial charge is 0.466 e. The molecule has 0 bridgehead atoms. The zero-order valence-corrected chi connectivity index (χ0v) is 21.0. The van der Waals surface area contributed by atoms with Crippen LogP contribution in [0, 0.1) is 52.3 Å². The van der Waals surface area contributed by atoms with Crippen LogP contribution in [0.25, 0.3) is 0 Å². The molecule has 4 nitrogen and oxygen atoms in total. The highest BCUT2D eigenvalue weighted by atomic mass is 16.5. The Labute approximate surface area is 194 Å². The second-order valence-corrected chi connectivity index (χ2v) is 12.1. The molecule has 0 aliphatic heterocycles. The molecule has 0 radical (unpaired) electrons. The summed E-state index contributed by atoms with van der Waals surface area (Å²) in [5.41, 5.74) is 0.332. The van der Waals surface area contributed by atoms with Crippen LogP contribution < -0.4 is 0 Å². The molecule has 0 aromatic carbocycles. The molecule has 4 rings (SSSR count).